The van der Waals surface area contributed by atoms with Crippen molar-refractivity contribution in [3.8, 4) is 5.75 Å². The van der Waals surface area contributed by atoms with Crippen LogP contribution in [0.2, 0.25) is 0 Å². The largest absolute Gasteiger partial charge is 0.494 e. The second kappa shape index (κ2) is 12.7. The molecule has 0 aromatic heterocycles. The summed E-state index contributed by atoms with van der Waals surface area (Å²) in [6, 6.07) is 7.65. The predicted octanol–water partition coefficient (Wildman–Crippen LogP) is 3.48. The molecule has 0 saturated heterocycles. The van der Waals surface area contributed by atoms with E-state index in [4.69, 9.17) is 14.2 Å². The maximum absolute atomic E-state index is 12.3. The van der Waals surface area contributed by atoms with Gasteiger partial charge in [0.1, 0.15) is 12.4 Å². The first-order chi connectivity index (χ1) is 12.2. The Kier molecular flexibility index (Phi) is 10.9. The van der Waals surface area contributed by atoms with Crippen molar-refractivity contribution in [2.75, 3.05) is 46.1 Å². The molecule has 0 fully saturated rings. The van der Waals surface area contributed by atoms with Crippen LogP contribution in [0.5, 0.6) is 5.75 Å². The van der Waals surface area contributed by atoms with Gasteiger partial charge in [-0.1, -0.05) is 32.9 Å². The third-order valence-electron chi connectivity index (χ3n) is 4.20. The number of likely N-dealkylation sites (N-methyl/N-ethyl adjacent to an activating group) is 1. The van der Waals surface area contributed by atoms with E-state index in [0.717, 1.165) is 30.9 Å². The van der Waals surface area contributed by atoms with Gasteiger partial charge in [-0.25, -0.2) is 0 Å². The van der Waals surface area contributed by atoms with Crippen LogP contribution in [0.15, 0.2) is 24.3 Å². The van der Waals surface area contributed by atoms with Crippen LogP contribution < -0.4 is 4.74 Å². The van der Waals surface area contributed by atoms with Crippen LogP contribution in [0.3, 0.4) is 0 Å². The van der Waals surface area contributed by atoms with E-state index >= 15 is 0 Å². The lowest BCUT2D eigenvalue weighted by atomic mass is 9.96. The number of hydrogen-bond donors (Lipinski definition) is 0. The van der Waals surface area contributed by atoms with E-state index in [2.05, 4.69) is 18.7 Å². The van der Waals surface area contributed by atoms with E-state index in [1.165, 1.54) is 0 Å². The highest BCUT2D eigenvalue weighted by atomic mass is 16.6. The lowest BCUT2D eigenvalue weighted by Crippen LogP contribution is -2.27. The molecule has 5 nitrogen and oxygen atoms in total. The molecular weight excluding hydrogens is 318 g/mol. The van der Waals surface area contributed by atoms with E-state index in [1.54, 1.807) is 0 Å². The van der Waals surface area contributed by atoms with Gasteiger partial charge >= 0.3 is 5.97 Å². The summed E-state index contributed by atoms with van der Waals surface area (Å²) in [7, 11) is 0. The highest BCUT2D eigenvalue weighted by Crippen LogP contribution is 2.23. The molecule has 0 aliphatic carbocycles. The fourth-order valence-corrected chi connectivity index (χ4v) is 2.64. The van der Waals surface area contributed by atoms with Crippen LogP contribution in [-0.2, 0) is 14.3 Å². The van der Waals surface area contributed by atoms with Gasteiger partial charge < -0.3 is 19.1 Å². The van der Waals surface area contributed by atoms with Gasteiger partial charge in [0.25, 0.3) is 0 Å². The highest BCUT2D eigenvalue weighted by Gasteiger charge is 2.20. The van der Waals surface area contributed by atoms with E-state index in [9.17, 15) is 4.79 Å². The summed E-state index contributed by atoms with van der Waals surface area (Å²) >= 11 is 0. The van der Waals surface area contributed by atoms with Gasteiger partial charge in [-0.3, -0.25) is 4.79 Å². The molecule has 0 N–H and O–H groups in total. The van der Waals surface area contributed by atoms with Gasteiger partial charge in [0.15, 0.2) is 0 Å². The van der Waals surface area contributed by atoms with Crippen molar-refractivity contribution < 1.29 is 19.0 Å². The summed E-state index contributed by atoms with van der Waals surface area (Å²) in [4.78, 5) is 14.6. The van der Waals surface area contributed by atoms with Crippen molar-refractivity contribution in [1.82, 2.24) is 4.90 Å². The van der Waals surface area contributed by atoms with Gasteiger partial charge in [0, 0.05) is 6.54 Å². The number of hydrogen-bond acceptors (Lipinski definition) is 5. The zero-order valence-electron chi connectivity index (χ0n) is 16.1. The molecule has 1 unspecified atom stereocenters. The molecule has 0 radical (unpaired) electrons. The standard InChI is InChI=1S/C20H33NO4/c1-5-19(17-9-11-18(12-10-17)24-8-4)20(22)25-16-15-23-14-13-21(6-2)7-3/h9-12,19H,5-8,13-16H2,1-4H3. The molecule has 1 rings (SSSR count). The number of benzene rings is 1. The molecule has 0 amide bonds. The van der Waals surface area contributed by atoms with E-state index in [-0.39, 0.29) is 11.9 Å². The SMILES string of the molecule is CCOc1ccc(C(CC)C(=O)OCCOCCN(CC)CC)cc1. The fourth-order valence-electron chi connectivity index (χ4n) is 2.64. The van der Waals surface area contributed by atoms with E-state index in [0.29, 0.717) is 32.8 Å². The van der Waals surface area contributed by atoms with Crippen molar-refractivity contribution in [3.05, 3.63) is 29.8 Å². The lowest BCUT2D eigenvalue weighted by Gasteiger charge is -2.18. The molecule has 0 spiro atoms. The number of carbonyl (C=O) groups excluding carboxylic acids is 1. The number of ether oxygens (including phenoxy) is 3. The predicted molar refractivity (Wildman–Crippen MR) is 100 cm³/mol. The third-order valence-corrected chi connectivity index (χ3v) is 4.20. The molecule has 0 bridgehead atoms. The average Bonchev–Trinajstić information content (AvgIpc) is 2.63. The molecule has 0 heterocycles. The van der Waals surface area contributed by atoms with E-state index < -0.39 is 0 Å². The summed E-state index contributed by atoms with van der Waals surface area (Å²) in [5.41, 5.74) is 0.957. The first kappa shape index (κ1) is 21.5. The van der Waals surface area contributed by atoms with Crippen molar-refractivity contribution >= 4 is 5.97 Å². The van der Waals surface area contributed by atoms with Crippen molar-refractivity contribution in [1.29, 1.82) is 0 Å². The minimum absolute atomic E-state index is 0.195. The van der Waals surface area contributed by atoms with Crippen LogP contribution >= 0.6 is 0 Å². The Bertz CT molecular complexity index is 471. The minimum atomic E-state index is -0.244. The number of nitrogens with zero attached hydrogens (tertiary/aromatic N) is 1. The van der Waals surface area contributed by atoms with E-state index in [1.807, 2.05) is 38.1 Å². The second-order valence-corrected chi connectivity index (χ2v) is 5.77. The van der Waals surface area contributed by atoms with Crippen LogP contribution in [0, 0.1) is 0 Å². The van der Waals surface area contributed by atoms with Gasteiger partial charge in [-0.05, 0) is 44.1 Å². The first-order valence-corrected chi connectivity index (χ1v) is 9.35. The maximum atomic E-state index is 12.3. The van der Waals surface area contributed by atoms with Crippen molar-refractivity contribution in [3.63, 3.8) is 0 Å². The molecule has 1 atom stereocenters. The molecule has 142 valence electrons. The second-order valence-electron chi connectivity index (χ2n) is 5.77. The average molecular weight is 351 g/mol. The monoisotopic (exact) mass is 351 g/mol. The zero-order chi connectivity index (χ0) is 18.5. The van der Waals surface area contributed by atoms with Gasteiger partial charge in [-0.15, -0.1) is 0 Å². The molecule has 25 heavy (non-hydrogen) atoms. The molecule has 0 saturated carbocycles. The highest BCUT2D eigenvalue weighted by molar-refractivity contribution is 5.78. The van der Waals surface area contributed by atoms with Crippen LogP contribution in [0.1, 0.15) is 45.6 Å². The summed E-state index contributed by atoms with van der Waals surface area (Å²) in [6.07, 6.45) is 0.704. The smallest absolute Gasteiger partial charge is 0.313 e. The van der Waals surface area contributed by atoms with Crippen LogP contribution in [0.25, 0.3) is 0 Å². The summed E-state index contributed by atoms with van der Waals surface area (Å²) in [5, 5.41) is 0. The zero-order valence-corrected chi connectivity index (χ0v) is 16.1. The van der Waals surface area contributed by atoms with Gasteiger partial charge in [-0.2, -0.15) is 0 Å². The quantitative estimate of drug-likeness (QED) is 0.402. The van der Waals surface area contributed by atoms with Crippen molar-refractivity contribution in [2.24, 2.45) is 0 Å². The van der Waals surface area contributed by atoms with Crippen LogP contribution in [0.4, 0.5) is 0 Å². The third kappa shape index (κ3) is 7.88. The molecule has 0 aliphatic rings. The molecular formula is C20H33NO4. The number of rotatable bonds is 13. The summed E-state index contributed by atoms with van der Waals surface area (Å²) in [6.45, 7) is 13.2. The van der Waals surface area contributed by atoms with Gasteiger partial charge in [0.2, 0.25) is 0 Å². The summed E-state index contributed by atoms with van der Waals surface area (Å²) in [5.74, 6) is 0.376. The fraction of sp³-hybridized carbons (Fsp3) is 0.650. The Labute approximate surface area is 152 Å². The Balaban J connectivity index is 2.33. The first-order valence-electron chi connectivity index (χ1n) is 9.35. The molecule has 1 aromatic rings. The van der Waals surface area contributed by atoms with Crippen molar-refractivity contribution in [2.45, 2.75) is 40.0 Å². The Morgan fingerprint density at radius 1 is 1.00 bits per heavy atom. The van der Waals surface area contributed by atoms with Gasteiger partial charge in [0.05, 0.1) is 25.7 Å². The Morgan fingerprint density at radius 3 is 2.24 bits per heavy atom. The minimum Gasteiger partial charge on any atom is -0.494 e. The number of esters is 1. The number of carbonyl (C=O) groups is 1. The Hall–Kier alpha value is -1.59. The molecule has 0 aliphatic heterocycles. The molecule has 5 heteroatoms. The maximum Gasteiger partial charge on any atom is 0.313 e. The van der Waals surface area contributed by atoms with Crippen LogP contribution in [-0.4, -0.2) is 56.9 Å². The lowest BCUT2D eigenvalue weighted by molar-refractivity contribution is -0.147. The Morgan fingerprint density at radius 2 is 1.68 bits per heavy atom. The topological polar surface area (TPSA) is 48.0 Å². The normalized spacial score (nSPS) is 12.2. The molecule has 1 aromatic carbocycles. The summed E-state index contributed by atoms with van der Waals surface area (Å²) < 4.78 is 16.4.